The third-order valence-electron chi connectivity index (χ3n) is 6.41. The molecule has 0 aromatic heterocycles. The molecule has 4 saturated carbocycles. The maximum Gasteiger partial charge on any atom is 0.468 e. The molecule has 4 aliphatic carbocycles. The fourth-order valence-corrected chi connectivity index (χ4v) is 5.86. The number of aliphatic imine (C=N–C) groups is 1. The molecule has 1 aromatic rings. The molecule has 5 heteroatoms. The van der Waals surface area contributed by atoms with E-state index in [4.69, 9.17) is 4.74 Å². The van der Waals surface area contributed by atoms with Gasteiger partial charge in [-0.15, -0.1) is 0 Å². The number of fused-ring (bicyclic) bond motifs is 1. The zero-order valence-corrected chi connectivity index (χ0v) is 12.6. The highest BCUT2D eigenvalue weighted by Gasteiger charge is 2.63. The van der Waals surface area contributed by atoms with Gasteiger partial charge in [-0.2, -0.15) is 13.2 Å². The van der Waals surface area contributed by atoms with Gasteiger partial charge in [0.25, 0.3) is 5.90 Å². The first-order chi connectivity index (χ1) is 11.0. The monoisotopic (exact) mass is 321 g/mol. The molecular formula is C18H18F3NO. The number of rotatable bonds is 0. The van der Waals surface area contributed by atoms with Crippen LogP contribution < -0.4 is 0 Å². The summed E-state index contributed by atoms with van der Waals surface area (Å²) in [5, 5.41) is 0. The standard InChI is InChI=1S/C18H18F3NO/c19-18(20,21)16-22-15-4-2-1-3-14(15)17(23-16)12-6-10-5-11(8-12)9-13(17)7-10/h1-4,10-13H,5-9H2. The van der Waals surface area contributed by atoms with Crippen molar-refractivity contribution in [2.45, 2.75) is 43.9 Å². The van der Waals surface area contributed by atoms with E-state index in [9.17, 15) is 13.2 Å². The Hall–Kier alpha value is -1.52. The van der Waals surface area contributed by atoms with Crippen molar-refractivity contribution in [3.05, 3.63) is 29.8 Å². The summed E-state index contributed by atoms with van der Waals surface area (Å²) < 4.78 is 45.9. The molecule has 0 N–H and O–H groups in total. The second-order valence-electron chi connectivity index (χ2n) is 7.63. The summed E-state index contributed by atoms with van der Waals surface area (Å²) in [7, 11) is 0. The van der Waals surface area contributed by atoms with Crippen molar-refractivity contribution in [2.75, 3.05) is 0 Å². The van der Waals surface area contributed by atoms with Crippen molar-refractivity contribution in [2.24, 2.45) is 28.7 Å². The van der Waals surface area contributed by atoms with E-state index in [1.165, 1.54) is 6.42 Å². The highest BCUT2D eigenvalue weighted by Crippen LogP contribution is 2.65. The molecule has 122 valence electrons. The fraction of sp³-hybridized carbons (Fsp3) is 0.611. The molecule has 0 amide bonds. The Bertz CT molecular complexity index is 666. The van der Waals surface area contributed by atoms with E-state index in [2.05, 4.69) is 4.99 Å². The van der Waals surface area contributed by atoms with Crippen LogP contribution in [0.5, 0.6) is 0 Å². The molecule has 5 aliphatic rings. The molecule has 4 bridgehead atoms. The number of nitrogens with zero attached hydrogens (tertiary/aromatic N) is 1. The Balaban J connectivity index is 1.70. The van der Waals surface area contributed by atoms with Gasteiger partial charge in [0.2, 0.25) is 0 Å². The second kappa shape index (κ2) is 4.31. The minimum Gasteiger partial charge on any atom is -0.462 e. The number of halogens is 3. The molecule has 0 unspecified atom stereocenters. The molecule has 6 rings (SSSR count). The van der Waals surface area contributed by atoms with Crippen molar-refractivity contribution in [1.82, 2.24) is 0 Å². The number of para-hydroxylation sites is 1. The zero-order chi connectivity index (χ0) is 15.8. The van der Waals surface area contributed by atoms with Gasteiger partial charge in [-0.25, -0.2) is 4.99 Å². The number of hydrogen-bond acceptors (Lipinski definition) is 2. The van der Waals surface area contributed by atoms with Crippen LogP contribution in [0.15, 0.2) is 29.3 Å². The smallest absolute Gasteiger partial charge is 0.462 e. The average molecular weight is 321 g/mol. The van der Waals surface area contributed by atoms with Crippen LogP contribution in [-0.4, -0.2) is 12.1 Å². The van der Waals surface area contributed by atoms with Crippen molar-refractivity contribution in [3.63, 3.8) is 0 Å². The lowest BCUT2D eigenvalue weighted by molar-refractivity contribution is -0.189. The van der Waals surface area contributed by atoms with E-state index >= 15 is 0 Å². The second-order valence-corrected chi connectivity index (χ2v) is 7.63. The van der Waals surface area contributed by atoms with Gasteiger partial charge >= 0.3 is 6.18 Å². The molecular weight excluding hydrogens is 303 g/mol. The van der Waals surface area contributed by atoms with Crippen LogP contribution in [-0.2, 0) is 10.3 Å². The Labute approximate surface area is 132 Å². The Kier molecular flexibility index (Phi) is 2.60. The first kappa shape index (κ1) is 13.9. The highest BCUT2D eigenvalue weighted by atomic mass is 19.4. The van der Waals surface area contributed by atoms with Crippen molar-refractivity contribution < 1.29 is 17.9 Å². The molecule has 1 aromatic carbocycles. The van der Waals surface area contributed by atoms with Crippen LogP contribution in [0.25, 0.3) is 0 Å². The Morgan fingerprint density at radius 1 is 0.957 bits per heavy atom. The SMILES string of the molecule is FC(F)(F)C1=Nc2ccccc2C2(O1)C1CC3CC(C1)CC2C3. The van der Waals surface area contributed by atoms with E-state index in [1.54, 1.807) is 12.1 Å². The van der Waals surface area contributed by atoms with Crippen LogP contribution in [0.4, 0.5) is 18.9 Å². The maximum absolute atomic E-state index is 13.4. The molecule has 0 radical (unpaired) electrons. The lowest BCUT2D eigenvalue weighted by Crippen LogP contribution is -2.59. The predicted molar refractivity (Wildman–Crippen MR) is 79.4 cm³/mol. The van der Waals surface area contributed by atoms with Crippen molar-refractivity contribution >= 4 is 11.6 Å². The summed E-state index contributed by atoms with van der Waals surface area (Å²) >= 11 is 0. The largest absolute Gasteiger partial charge is 0.468 e. The third kappa shape index (κ3) is 1.79. The molecule has 0 atom stereocenters. The summed E-state index contributed by atoms with van der Waals surface area (Å²) in [5.74, 6) is 0.670. The van der Waals surface area contributed by atoms with Gasteiger partial charge in [0.15, 0.2) is 0 Å². The van der Waals surface area contributed by atoms with Crippen LogP contribution in [0, 0.1) is 23.7 Å². The molecule has 1 spiro atoms. The van der Waals surface area contributed by atoms with Gasteiger partial charge in [0.05, 0.1) is 5.69 Å². The van der Waals surface area contributed by atoms with E-state index < -0.39 is 17.7 Å². The number of alkyl halides is 3. The quantitative estimate of drug-likeness (QED) is 0.662. The minimum absolute atomic E-state index is 0.188. The summed E-state index contributed by atoms with van der Waals surface area (Å²) in [4.78, 5) is 3.79. The number of benzene rings is 1. The molecule has 2 nitrogen and oxygen atoms in total. The van der Waals surface area contributed by atoms with Crippen molar-refractivity contribution in [3.8, 4) is 0 Å². The minimum atomic E-state index is -4.53. The van der Waals surface area contributed by atoms with E-state index in [0.717, 1.165) is 31.2 Å². The number of ether oxygens (including phenoxy) is 1. The third-order valence-corrected chi connectivity index (χ3v) is 6.41. The van der Waals surface area contributed by atoms with E-state index in [-0.39, 0.29) is 11.8 Å². The first-order valence-electron chi connectivity index (χ1n) is 8.41. The summed E-state index contributed by atoms with van der Waals surface area (Å²) in [6.45, 7) is 0. The van der Waals surface area contributed by atoms with Crippen LogP contribution in [0.2, 0.25) is 0 Å². The van der Waals surface area contributed by atoms with Gasteiger partial charge in [-0.05, 0) is 50.0 Å². The topological polar surface area (TPSA) is 21.6 Å². The molecule has 4 fully saturated rings. The molecule has 0 saturated heterocycles. The average Bonchev–Trinajstić information content (AvgIpc) is 2.50. The van der Waals surface area contributed by atoms with E-state index in [1.807, 2.05) is 12.1 Å². The highest BCUT2D eigenvalue weighted by molar-refractivity contribution is 5.87. The van der Waals surface area contributed by atoms with Gasteiger partial charge in [-0.1, -0.05) is 18.2 Å². The molecule has 23 heavy (non-hydrogen) atoms. The normalized spacial score (nSPS) is 40.7. The lowest BCUT2D eigenvalue weighted by atomic mass is 9.48. The molecule has 1 aliphatic heterocycles. The van der Waals surface area contributed by atoms with Crippen LogP contribution in [0.1, 0.15) is 37.7 Å². The van der Waals surface area contributed by atoms with Gasteiger partial charge in [0.1, 0.15) is 5.60 Å². The van der Waals surface area contributed by atoms with Crippen LogP contribution >= 0.6 is 0 Å². The fourth-order valence-electron chi connectivity index (χ4n) is 5.86. The molecule has 1 heterocycles. The zero-order valence-electron chi connectivity index (χ0n) is 12.6. The summed E-state index contributed by atoms with van der Waals surface area (Å²) in [5.41, 5.74) is 0.511. The Morgan fingerprint density at radius 3 is 2.17 bits per heavy atom. The van der Waals surface area contributed by atoms with E-state index in [0.29, 0.717) is 17.5 Å². The van der Waals surface area contributed by atoms with Crippen LogP contribution in [0.3, 0.4) is 0 Å². The Morgan fingerprint density at radius 2 is 1.57 bits per heavy atom. The van der Waals surface area contributed by atoms with Gasteiger partial charge < -0.3 is 4.74 Å². The van der Waals surface area contributed by atoms with Gasteiger partial charge in [-0.3, -0.25) is 0 Å². The lowest BCUT2D eigenvalue weighted by Gasteiger charge is -2.61. The summed E-state index contributed by atoms with van der Waals surface area (Å²) in [6.07, 6.45) is 0.692. The van der Waals surface area contributed by atoms with Crippen molar-refractivity contribution in [1.29, 1.82) is 0 Å². The first-order valence-corrected chi connectivity index (χ1v) is 8.41. The maximum atomic E-state index is 13.4. The summed E-state index contributed by atoms with van der Waals surface area (Å²) in [6, 6.07) is 7.26. The predicted octanol–water partition coefficient (Wildman–Crippen LogP) is 4.96. The van der Waals surface area contributed by atoms with Gasteiger partial charge in [0, 0.05) is 17.4 Å². The number of hydrogen-bond donors (Lipinski definition) is 0.